The number of halogens is 3. The lowest BCUT2D eigenvalue weighted by Crippen LogP contribution is -2.03. The summed E-state index contributed by atoms with van der Waals surface area (Å²) in [4.78, 5) is 0. The molecule has 21 heavy (non-hydrogen) atoms. The third-order valence-electron chi connectivity index (χ3n) is 2.67. The van der Waals surface area contributed by atoms with Crippen LogP contribution < -0.4 is 4.74 Å². The second-order valence-electron chi connectivity index (χ2n) is 4.14. The lowest BCUT2D eigenvalue weighted by molar-refractivity contribution is -0.138. The molecule has 0 aliphatic heterocycles. The van der Waals surface area contributed by atoms with Crippen LogP contribution >= 0.6 is 11.3 Å². The van der Waals surface area contributed by atoms with E-state index in [1.54, 1.807) is 18.2 Å². The average molecular weight is 312 g/mol. The van der Waals surface area contributed by atoms with Crippen LogP contribution in [0.1, 0.15) is 5.01 Å². The van der Waals surface area contributed by atoms with Gasteiger partial charge in [-0.1, -0.05) is 40.7 Å². The fourth-order valence-corrected chi connectivity index (χ4v) is 2.32. The molecule has 8 heteroatoms. The molecule has 0 amide bonds. The van der Waals surface area contributed by atoms with Gasteiger partial charge in [0.1, 0.15) is 0 Å². The Kier molecular flexibility index (Phi) is 3.17. The Morgan fingerprint density at radius 3 is 2.33 bits per heavy atom. The van der Waals surface area contributed by atoms with Crippen molar-refractivity contribution in [3.05, 3.63) is 41.4 Å². The van der Waals surface area contributed by atoms with E-state index in [1.807, 2.05) is 6.07 Å². The second kappa shape index (κ2) is 4.88. The molecule has 0 radical (unpaired) electrons. The van der Waals surface area contributed by atoms with Crippen molar-refractivity contribution in [3.8, 4) is 16.7 Å². The van der Waals surface area contributed by atoms with Crippen molar-refractivity contribution in [2.45, 2.75) is 6.18 Å². The molecular formula is C13H7F3N2O2S. The van der Waals surface area contributed by atoms with Gasteiger partial charge in [-0.05, 0) is 22.9 Å². The molecule has 0 saturated heterocycles. The quantitative estimate of drug-likeness (QED) is 0.770. The molecule has 0 aliphatic carbocycles. The molecule has 0 spiro atoms. The first-order valence-electron chi connectivity index (χ1n) is 5.74. The summed E-state index contributed by atoms with van der Waals surface area (Å²) in [5.41, 5.74) is 0. The van der Waals surface area contributed by atoms with Gasteiger partial charge in [0.25, 0.3) is 5.19 Å². The largest absolute Gasteiger partial charge is 0.504 e. The van der Waals surface area contributed by atoms with Crippen LogP contribution in [0, 0.1) is 0 Å². The SMILES string of the molecule is Oc1cc2ccccc2cc1Oc1nnc(C(F)(F)F)s1. The highest BCUT2D eigenvalue weighted by atomic mass is 32.1. The summed E-state index contributed by atoms with van der Waals surface area (Å²) in [6.45, 7) is 0. The summed E-state index contributed by atoms with van der Waals surface area (Å²) >= 11 is 0.268. The van der Waals surface area contributed by atoms with Crippen molar-refractivity contribution in [2.75, 3.05) is 0 Å². The van der Waals surface area contributed by atoms with Crippen LogP contribution in [0.25, 0.3) is 10.8 Å². The number of phenols is 1. The first-order valence-corrected chi connectivity index (χ1v) is 6.55. The molecule has 4 nitrogen and oxygen atoms in total. The molecule has 1 aromatic heterocycles. The Bertz CT molecular complexity index is 801. The molecule has 3 aromatic rings. The number of alkyl halides is 3. The summed E-state index contributed by atoms with van der Waals surface area (Å²) in [5.74, 6) is -0.156. The molecule has 0 unspecified atom stereocenters. The molecule has 0 aliphatic rings. The van der Waals surface area contributed by atoms with Crippen LogP contribution in [0.2, 0.25) is 0 Å². The van der Waals surface area contributed by atoms with Gasteiger partial charge in [0.05, 0.1) is 0 Å². The van der Waals surface area contributed by atoms with E-state index in [0.29, 0.717) is 0 Å². The molecule has 0 fully saturated rings. The van der Waals surface area contributed by atoms with Crippen molar-refractivity contribution in [1.29, 1.82) is 0 Å². The van der Waals surface area contributed by atoms with Gasteiger partial charge in [-0.15, -0.1) is 5.10 Å². The smallest absolute Gasteiger partial charge is 0.445 e. The third kappa shape index (κ3) is 2.75. The van der Waals surface area contributed by atoms with E-state index in [-0.39, 0.29) is 28.0 Å². The van der Waals surface area contributed by atoms with Crippen LogP contribution in [0.15, 0.2) is 36.4 Å². The standard InChI is InChI=1S/C13H7F3N2O2S/c14-13(15,16)11-17-18-12(21-11)20-10-6-8-4-2-1-3-7(8)5-9(10)19/h1-6,19H. The summed E-state index contributed by atoms with van der Waals surface area (Å²) < 4.78 is 42.5. The molecular weight excluding hydrogens is 305 g/mol. The van der Waals surface area contributed by atoms with Gasteiger partial charge in [0, 0.05) is 0 Å². The van der Waals surface area contributed by atoms with Gasteiger partial charge < -0.3 is 9.84 Å². The molecule has 2 aromatic carbocycles. The topological polar surface area (TPSA) is 55.2 Å². The number of aromatic nitrogens is 2. The van der Waals surface area contributed by atoms with E-state index in [0.717, 1.165) is 10.8 Å². The van der Waals surface area contributed by atoms with Crippen molar-refractivity contribution in [1.82, 2.24) is 10.2 Å². The number of hydrogen-bond acceptors (Lipinski definition) is 5. The minimum Gasteiger partial charge on any atom is -0.504 e. The number of ether oxygens (including phenoxy) is 1. The number of nitrogens with zero attached hydrogens (tertiary/aromatic N) is 2. The van der Waals surface area contributed by atoms with Crippen LogP contribution in [-0.4, -0.2) is 15.3 Å². The Labute approximate surface area is 120 Å². The Balaban J connectivity index is 1.94. The van der Waals surface area contributed by atoms with Crippen molar-refractivity contribution >= 4 is 22.1 Å². The van der Waals surface area contributed by atoms with Crippen LogP contribution in [-0.2, 0) is 6.18 Å². The van der Waals surface area contributed by atoms with Crippen LogP contribution in [0.3, 0.4) is 0 Å². The minimum atomic E-state index is -4.56. The van der Waals surface area contributed by atoms with E-state index in [4.69, 9.17) is 4.74 Å². The maximum absolute atomic E-state index is 12.4. The predicted octanol–water partition coefficient (Wildman–Crippen LogP) is 4.21. The zero-order chi connectivity index (χ0) is 15.0. The number of fused-ring (bicyclic) bond motifs is 1. The Hall–Kier alpha value is -2.35. The number of hydrogen-bond donors (Lipinski definition) is 1. The fraction of sp³-hybridized carbons (Fsp3) is 0.0769. The van der Waals surface area contributed by atoms with E-state index in [1.165, 1.54) is 12.1 Å². The van der Waals surface area contributed by atoms with Gasteiger partial charge in [-0.25, -0.2) is 0 Å². The van der Waals surface area contributed by atoms with Gasteiger partial charge in [-0.2, -0.15) is 13.2 Å². The lowest BCUT2D eigenvalue weighted by atomic mass is 10.1. The number of rotatable bonds is 2. The molecule has 1 N–H and O–H groups in total. The first kappa shape index (κ1) is 13.6. The minimum absolute atomic E-state index is 0.0265. The molecule has 0 saturated carbocycles. The maximum atomic E-state index is 12.4. The third-order valence-corrected chi connectivity index (χ3v) is 3.52. The van der Waals surface area contributed by atoms with Crippen LogP contribution in [0.4, 0.5) is 13.2 Å². The Morgan fingerprint density at radius 1 is 1.05 bits per heavy atom. The predicted molar refractivity (Wildman–Crippen MR) is 70.6 cm³/mol. The molecule has 108 valence electrons. The molecule has 3 rings (SSSR count). The maximum Gasteiger partial charge on any atom is 0.445 e. The molecule has 0 bridgehead atoms. The van der Waals surface area contributed by atoms with Gasteiger partial charge >= 0.3 is 6.18 Å². The zero-order valence-corrected chi connectivity index (χ0v) is 11.1. The fourth-order valence-electron chi connectivity index (χ4n) is 1.75. The molecule has 0 atom stereocenters. The highest BCUT2D eigenvalue weighted by molar-refractivity contribution is 7.13. The van der Waals surface area contributed by atoms with E-state index < -0.39 is 11.2 Å². The summed E-state index contributed by atoms with van der Waals surface area (Å²) in [6, 6.07) is 10.2. The van der Waals surface area contributed by atoms with Crippen LogP contribution in [0.5, 0.6) is 16.7 Å². The first-order chi connectivity index (χ1) is 9.93. The van der Waals surface area contributed by atoms with Gasteiger partial charge in [-0.3, -0.25) is 0 Å². The summed E-state index contributed by atoms with van der Waals surface area (Å²) in [6.07, 6.45) is -4.56. The van der Waals surface area contributed by atoms with E-state index in [2.05, 4.69) is 10.2 Å². The summed E-state index contributed by atoms with van der Waals surface area (Å²) in [5, 5.41) is 16.4. The van der Waals surface area contributed by atoms with E-state index in [9.17, 15) is 18.3 Å². The number of aromatic hydroxyl groups is 1. The summed E-state index contributed by atoms with van der Waals surface area (Å²) in [7, 11) is 0. The highest BCUT2D eigenvalue weighted by Crippen LogP contribution is 2.38. The van der Waals surface area contributed by atoms with Crippen molar-refractivity contribution < 1.29 is 23.0 Å². The highest BCUT2D eigenvalue weighted by Gasteiger charge is 2.36. The van der Waals surface area contributed by atoms with Gasteiger partial charge in [0.2, 0.25) is 5.01 Å². The second-order valence-corrected chi connectivity index (χ2v) is 5.08. The molecule has 1 heterocycles. The normalized spacial score (nSPS) is 11.8. The average Bonchev–Trinajstić information content (AvgIpc) is 2.88. The number of phenolic OH excluding ortho intramolecular Hbond substituents is 1. The monoisotopic (exact) mass is 312 g/mol. The Morgan fingerprint density at radius 2 is 1.71 bits per heavy atom. The van der Waals surface area contributed by atoms with Crippen molar-refractivity contribution in [2.24, 2.45) is 0 Å². The zero-order valence-electron chi connectivity index (χ0n) is 10.3. The van der Waals surface area contributed by atoms with E-state index >= 15 is 0 Å². The van der Waals surface area contributed by atoms with Crippen molar-refractivity contribution in [3.63, 3.8) is 0 Å². The lowest BCUT2D eigenvalue weighted by Gasteiger charge is -2.06. The number of benzene rings is 2. The van der Waals surface area contributed by atoms with Gasteiger partial charge in [0.15, 0.2) is 11.5 Å².